The summed E-state index contributed by atoms with van der Waals surface area (Å²) in [5, 5.41) is 4.18. The van der Waals surface area contributed by atoms with Crippen molar-refractivity contribution in [3.8, 4) is 5.88 Å². The Balaban J connectivity index is 1.61. The number of carbonyl (C=O) groups excluding carboxylic acids is 1. The molecule has 1 fully saturated rings. The molecule has 0 radical (unpaired) electrons. The van der Waals surface area contributed by atoms with Crippen molar-refractivity contribution in [2.45, 2.75) is 19.9 Å². The molecule has 1 saturated heterocycles. The van der Waals surface area contributed by atoms with Crippen LogP contribution in [0.4, 0.5) is 5.95 Å². The SMILES string of the molecule is COc1ccnc(N2CCCN(C(=O)Cn3cc(C)cn3)CC2)n1. The van der Waals surface area contributed by atoms with Crippen molar-refractivity contribution in [1.29, 1.82) is 0 Å². The fraction of sp³-hybridized carbons (Fsp3) is 0.500. The summed E-state index contributed by atoms with van der Waals surface area (Å²) < 4.78 is 6.84. The zero-order chi connectivity index (χ0) is 16.9. The number of rotatable bonds is 4. The van der Waals surface area contributed by atoms with Crippen LogP contribution in [-0.2, 0) is 11.3 Å². The summed E-state index contributed by atoms with van der Waals surface area (Å²) in [6, 6.07) is 1.73. The number of methoxy groups -OCH3 is 1. The Kier molecular flexibility index (Phi) is 4.93. The van der Waals surface area contributed by atoms with Crippen LogP contribution in [0.2, 0.25) is 0 Å². The van der Waals surface area contributed by atoms with Crippen molar-refractivity contribution in [3.05, 3.63) is 30.2 Å². The summed E-state index contributed by atoms with van der Waals surface area (Å²) in [5.74, 6) is 1.28. The third kappa shape index (κ3) is 3.81. The van der Waals surface area contributed by atoms with Gasteiger partial charge in [-0.1, -0.05) is 0 Å². The molecule has 0 atom stereocenters. The zero-order valence-corrected chi connectivity index (χ0v) is 14.1. The van der Waals surface area contributed by atoms with Crippen molar-refractivity contribution < 1.29 is 9.53 Å². The van der Waals surface area contributed by atoms with E-state index >= 15 is 0 Å². The maximum absolute atomic E-state index is 12.5. The topological polar surface area (TPSA) is 76.4 Å². The van der Waals surface area contributed by atoms with Gasteiger partial charge in [-0.3, -0.25) is 9.48 Å². The lowest BCUT2D eigenvalue weighted by atomic mass is 10.3. The van der Waals surface area contributed by atoms with Crippen LogP contribution in [0.25, 0.3) is 0 Å². The predicted molar refractivity (Wildman–Crippen MR) is 89.0 cm³/mol. The summed E-state index contributed by atoms with van der Waals surface area (Å²) in [5.41, 5.74) is 1.06. The van der Waals surface area contributed by atoms with Gasteiger partial charge in [0, 0.05) is 44.6 Å². The molecule has 0 N–H and O–H groups in total. The second-order valence-corrected chi connectivity index (χ2v) is 5.84. The number of nitrogens with zero attached hydrogens (tertiary/aromatic N) is 6. The van der Waals surface area contributed by atoms with Gasteiger partial charge in [-0.25, -0.2) is 4.98 Å². The van der Waals surface area contributed by atoms with Crippen LogP contribution < -0.4 is 9.64 Å². The van der Waals surface area contributed by atoms with E-state index in [0.29, 0.717) is 24.9 Å². The van der Waals surface area contributed by atoms with Gasteiger partial charge in [0.1, 0.15) is 6.54 Å². The monoisotopic (exact) mass is 330 g/mol. The quantitative estimate of drug-likeness (QED) is 0.822. The van der Waals surface area contributed by atoms with Gasteiger partial charge in [-0.05, 0) is 18.9 Å². The number of hydrogen-bond acceptors (Lipinski definition) is 6. The molecule has 1 aliphatic rings. The van der Waals surface area contributed by atoms with Crippen LogP contribution >= 0.6 is 0 Å². The number of amides is 1. The highest BCUT2D eigenvalue weighted by atomic mass is 16.5. The van der Waals surface area contributed by atoms with Gasteiger partial charge < -0.3 is 14.5 Å². The third-order valence-corrected chi connectivity index (χ3v) is 4.02. The second-order valence-electron chi connectivity index (χ2n) is 5.84. The number of anilines is 1. The van der Waals surface area contributed by atoms with Gasteiger partial charge in [0.25, 0.3) is 0 Å². The van der Waals surface area contributed by atoms with E-state index in [1.165, 1.54) is 0 Å². The fourth-order valence-corrected chi connectivity index (χ4v) is 2.76. The van der Waals surface area contributed by atoms with Crippen LogP contribution in [0.5, 0.6) is 5.88 Å². The molecule has 8 nitrogen and oxygen atoms in total. The van der Waals surface area contributed by atoms with E-state index in [2.05, 4.69) is 20.0 Å². The van der Waals surface area contributed by atoms with E-state index in [9.17, 15) is 4.79 Å². The van der Waals surface area contributed by atoms with E-state index in [1.807, 2.05) is 18.0 Å². The van der Waals surface area contributed by atoms with E-state index in [0.717, 1.165) is 25.1 Å². The van der Waals surface area contributed by atoms with Crippen LogP contribution in [0.3, 0.4) is 0 Å². The van der Waals surface area contributed by atoms with Gasteiger partial charge in [-0.2, -0.15) is 10.1 Å². The van der Waals surface area contributed by atoms with Gasteiger partial charge >= 0.3 is 0 Å². The Labute approximate surface area is 141 Å². The number of carbonyl (C=O) groups is 1. The molecule has 0 aliphatic carbocycles. The minimum atomic E-state index is 0.0894. The van der Waals surface area contributed by atoms with Crippen molar-refractivity contribution in [2.75, 3.05) is 38.2 Å². The number of aryl methyl sites for hydroxylation is 1. The fourth-order valence-electron chi connectivity index (χ4n) is 2.76. The standard InChI is InChI=1S/C16H22N6O2/c1-13-10-18-22(11-13)12-15(23)20-6-3-7-21(9-8-20)16-17-5-4-14(19-16)24-2/h4-5,10-11H,3,6-9,12H2,1-2H3. The van der Waals surface area contributed by atoms with Crippen LogP contribution in [0.15, 0.2) is 24.7 Å². The molecule has 3 rings (SSSR count). The lowest BCUT2D eigenvalue weighted by molar-refractivity contribution is -0.131. The van der Waals surface area contributed by atoms with Crippen molar-refractivity contribution in [2.24, 2.45) is 0 Å². The maximum atomic E-state index is 12.5. The minimum absolute atomic E-state index is 0.0894. The summed E-state index contributed by atoms with van der Waals surface area (Å²) in [6.07, 6.45) is 6.21. The molecule has 2 aromatic rings. The first kappa shape index (κ1) is 16.2. The molecular formula is C16H22N6O2. The van der Waals surface area contributed by atoms with E-state index in [1.54, 1.807) is 30.3 Å². The molecule has 24 heavy (non-hydrogen) atoms. The molecule has 3 heterocycles. The van der Waals surface area contributed by atoms with E-state index < -0.39 is 0 Å². The van der Waals surface area contributed by atoms with E-state index in [4.69, 9.17) is 4.74 Å². The highest BCUT2D eigenvalue weighted by Crippen LogP contribution is 2.15. The molecule has 128 valence electrons. The largest absolute Gasteiger partial charge is 0.481 e. The first-order valence-corrected chi connectivity index (χ1v) is 8.04. The molecule has 0 aromatic carbocycles. The van der Waals surface area contributed by atoms with Gasteiger partial charge in [-0.15, -0.1) is 0 Å². The molecular weight excluding hydrogens is 308 g/mol. The molecule has 2 aromatic heterocycles. The van der Waals surface area contributed by atoms with Crippen LogP contribution in [0, 0.1) is 6.92 Å². The molecule has 0 spiro atoms. The lowest BCUT2D eigenvalue weighted by Gasteiger charge is -2.22. The zero-order valence-electron chi connectivity index (χ0n) is 14.1. The third-order valence-electron chi connectivity index (χ3n) is 4.02. The maximum Gasteiger partial charge on any atom is 0.244 e. The van der Waals surface area contributed by atoms with E-state index in [-0.39, 0.29) is 12.5 Å². The Morgan fingerprint density at radius 2 is 2.17 bits per heavy atom. The molecule has 0 bridgehead atoms. The molecule has 1 aliphatic heterocycles. The number of ether oxygens (including phenoxy) is 1. The summed E-state index contributed by atoms with van der Waals surface area (Å²) in [7, 11) is 1.59. The summed E-state index contributed by atoms with van der Waals surface area (Å²) in [6.45, 7) is 5.16. The van der Waals surface area contributed by atoms with Gasteiger partial charge in [0.15, 0.2) is 0 Å². The highest BCUT2D eigenvalue weighted by Gasteiger charge is 2.21. The Bertz CT molecular complexity index is 701. The predicted octanol–water partition coefficient (Wildman–Crippen LogP) is 0.729. The first-order chi connectivity index (χ1) is 11.7. The normalized spacial score (nSPS) is 15.2. The van der Waals surface area contributed by atoms with Crippen molar-refractivity contribution >= 4 is 11.9 Å². The Morgan fingerprint density at radius 1 is 1.29 bits per heavy atom. The highest BCUT2D eigenvalue weighted by molar-refractivity contribution is 5.76. The van der Waals surface area contributed by atoms with Crippen molar-refractivity contribution in [1.82, 2.24) is 24.6 Å². The van der Waals surface area contributed by atoms with Gasteiger partial charge in [0.05, 0.1) is 13.3 Å². The summed E-state index contributed by atoms with van der Waals surface area (Å²) in [4.78, 5) is 25.1. The van der Waals surface area contributed by atoms with Crippen LogP contribution in [0.1, 0.15) is 12.0 Å². The average Bonchev–Trinajstić information content (AvgIpc) is 2.86. The number of hydrogen-bond donors (Lipinski definition) is 0. The van der Waals surface area contributed by atoms with Crippen LogP contribution in [-0.4, -0.2) is 63.8 Å². The first-order valence-electron chi connectivity index (χ1n) is 8.04. The molecule has 1 amide bonds. The Hall–Kier alpha value is -2.64. The number of aromatic nitrogens is 4. The molecule has 0 unspecified atom stereocenters. The molecule has 8 heteroatoms. The lowest BCUT2D eigenvalue weighted by Crippen LogP contribution is -2.37. The smallest absolute Gasteiger partial charge is 0.244 e. The molecule has 0 saturated carbocycles. The van der Waals surface area contributed by atoms with Crippen molar-refractivity contribution in [3.63, 3.8) is 0 Å². The average molecular weight is 330 g/mol. The minimum Gasteiger partial charge on any atom is -0.481 e. The Morgan fingerprint density at radius 3 is 2.92 bits per heavy atom. The van der Waals surface area contributed by atoms with Gasteiger partial charge in [0.2, 0.25) is 17.7 Å². The summed E-state index contributed by atoms with van der Waals surface area (Å²) >= 11 is 0. The second kappa shape index (κ2) is 7.29.